The number of hydrogen-bond donors (Lipinski definition) is 3. The zero-order valence-corrected chi connectivity index (χ0v) is 52.2. The molecular formula is C71H137NO5. The maximum atomic E-state index is 12.5. The Bertz CT molecular complexity index is 1200. The van der Waals surface area contributed by atoms with Gasteiger partial charge in [-0.05, 0) is 57.8 Å². The van der Waals surface area contributed by atoms with Gasteiger partial charge in [0, 0.05) is 12.8 Å². The van der Waals surface area contributed by atoms with Crippen LogP contribution in [-0.2, 0) is 14.3 Å². The number of carbonyl (C=O) groups is 2. The lowest BCUT2D eigenvalue weighted by Gasteiger charge is -2.22. The molecule has 0 bridgehead atoms. The predicted molar refractivity (Wildman–Crippen MR) is 338 cm³/mol. The lowest BCUT2D eigenvalue weighted by atomic mass is 10.0. The molecule has 0 rings (SSSR count). The van der Waals surface area contributed by atoms with Crippen LogP contribution < -0.4 is 5.32 Å². The number of amides is 1. The van der Waals surface area contributed by atoms with Crippen LogP contribution in [0.5, 0.6) is 0 Å². The number of esters is 1. The second kappa shape index (κ2) is 66.8. The number of hydrogen-bond acceptors (Lipinski definition) is 5. The van der Waals surface area contributed by atoms with Gasteiger partial charge >= 0.3 is 5.97 Å². The number of ether oxygens (including phenoxy) is 1. The van der Waals surface area contributed by atoms with E-state index in [4.69, 9.17) is 4.74 Å². The van der Waals surface area contributed by atoms with Crippen LogP contribution in [0.25, 0.3) is 0 Å². The number of aliphatic hydroxyl groups excluding tert-OH is 2. The lowest BCUT2D eigenvalue weighted by molar-refractivity contribution is -0.143. The Morgan fingerprint density at radius 2 is 0.649 bits per heavy atom. The van der Waals surface area contributed by atoms with Crippen LogP contribution in [0, 0.1) is 0 Å². The summed E-state index contributed by atoms with van der Waals surface area (Å²) in [5, 5.41) is 23.4. The van der Waals surface area contributed by atoms with Gasteiger partial charge in [0.1, 0.15) is 0 Å². The minimum absolute atomic E-state index is 0.0142. The highest BCUT2D eigenvalue weighted by Crippen LogP contribution is 2.19. The highest BCUT2D eigenvalue weighted by Gasteiger charge is 2.20. The van der Waals surface area contributed by atoms with Gasteiger partial charge in [-0.2, -0.15) is 0 Å². The third-order valence-corrected chi connectivity index (χ3v) is 16.5. The smallest absolute Gasteiger partial charge is 0.305 e. The summed E-state index contributed by atoms with van der Waals surface area (Å²) < 4.78 is 5.50. The summed E-state index contributed by atoms with van der Waals surface area (Å²) in [5.41, 5.74) is 0. The van der Waals surface area contributed by atoms with E-state index in [0.29, 0.717) is 25.9 Å². The van der Waals surface area contributed by atoms with Crippen LogP contribution in [0.3, 0.4) is 0 Å². The molecule has 0 aliphatic rings. The Morgan fingerprint density at radius 1 is 0.364 bits per heavy atom. The SMILES string of the molecule is CCCCCCCCCCCCCCCCCCCCC(=O)OCCCCCCCCCCC/C=C\C/C=C\CCCCCCCCCCCC(=O)NC(CO)C(O)CCCCCCCCCCCCCCCCCCC. The summed E-state index contributed by atoms with van der Waals surface area (Å²) in [6.07, 6.45) is 83.6. The minimum atomic E-state index is -0.669. The fourth-order valence-electron chi connectivity index (χ4n) is 11.1. The van der Waals surface area contributed by atoms with Crippen LogP contribution in [0.15, 0.2) is 24.3 Å². The summed E-state index contributed by atoms with van der Waals surface area (Å²) in [5.74, 6) is -0.0236. The van der Waals surface area contributed by atoms with Gasteiger partial charge in [-0.25, -0.2) is 0 Å². The molecule has 0 saturated carbocycles. The second-order valence-electron chi connectivity index (χ2n) is 24.2. The molecule has 77 heavy (non-hydrogen) atoms. The molecule has 456 valence electrons. The lowest BCUT2D eigenvalue weighted by Crippen LogP contribution is -2.45. The number of allylic oxidation sites excluding steroid dienone is 4. The standard InChI is InChI=1S/C71H137NO5/c1-3-5-7-9-11-13-15-17-19-21-33-37-41-45-49-53-57-61-65-71(76)77-66-62-58-54-50-46-42-38-34-30-28-26-24-22-23-25-27-29-32-36-40-44-48-52-56-60-64-70(75)72-68(67-73)69(74)63-59-55-51-47-43-39-35-31-20-18-16-14-12-10-8-6-4-2/h23-26,68-69,73-74H,3-22,27-67H2,1-2H3,(H,72,75)/b25-23-,26-24-. The van der Waals surface area contributed by atoms with Gasteiger partial charge in [0.05, 0.1) is 25.4 Å². The molecule has 0 fully saturated rings. The highest BCUT2D eigenvalue weighted by molar-refractivity contribution is 5.76. The zero-order chi connectivity index (χ0) is 55.7. The molecule has 0 aromatic heterocycles. The Hall–Kier alpha value is -1.66. The largest absolute Gasteiger partial charge is 0.466 e. The van der Waals surface area contributed by atoms with Crippen LogP contribution in [0.4, 0.5) is 0 Å². The van der Waals surface area contributed by atoms with Gasteiger partial charge in [0.25, 0.3) is 0 Å². The summed E-state index contributed by atoms with van der Waals surface area (Å²) >= 11 is 0. The number of rotatable bonds is 66. The van der Waals surface area contributed by atoms with Gasteiger partial charge in [0.15, 0.2) is 0 Å². The van der Waals surface area contributed by atoms with Crippen molar-refractivity contribution in [1.82, 2.24) is 5.32 Å². The molecule has 3 N–H and O–H groups in total. The van der Waals surface area contributed by atoms with Crippen LogP contribution in [0.1, 0.15) is 393 Å². The first kappa shape index (κ1) is 75.3. The maximum Gasteiger partial charge on any atom is 0.305 e. The molecule has 2 atom stereocenters. The molecule has 0 aliphatic heterocycles. The molecule has 0 aromatic carbocycles. The van der Waals surface area contributed by atoms with E-state index in [1.54, 1.807) is 0 Å². The molecular weight excluding hydrogens is 947 g/mol. The normalized spacial score (nSPS) is 12.6. The maximum absolute atomic E-state index is 12.5. The van der Waals surface area contributed by atoms with E-state index in [2.05, 4.69) is 43.5 Å². The van der Waals surface area contributed by atoms with Crippen LogP contribution >= 0.6 is 0 Å². The third-order valence-electron chi connectivity index (χ3n) is 16.5. The van der Waals surface area contributed by atoms with Gasteiger partial charge in [0.2, 0.25) is 5.91 Å². The van der Waals surface area contributed by atoms with Crippen LogP contribution in [0.2, 0.25) is 0 Å². The fraction of sp³-hybridized carbons (Fsp3) is 0.915. The summed E-state index contributed by atoms with van der Waals surface area (Å²) in [7, 11) is 0. The van der Waals surface area contributed by atoms with Gasteiger partial charge in [-0.1, -0.05) is 346 Å². The number of unbranched alkanes of at least 4 members (excludes halogenated alkanes) is 51. The monoisotopic (exact) mass is 1080 g/mol. The molecule has 6 heteroatoms. The van der Waals surface area contributed by atoms with Crippen molar-refractivity contribution in [3.05, 3.63) is 24.3 Å². The average molecular weight is 1080 g/mol. The fourth-order valence-corrected chi connectivity index (χ4v) is 11.1. The van der Waals surface area contributed by atoms with Gasteiger partial charge in [-0.3, -0.25) is 9.59 Å². The molecule has 1 amide bonds. The zero-order valence-electron chi connectivity index (χ0n) is 52.2. The Morgan fingerprint density at radius 3 is 0.987 bits per heavy atom. The summed E-state index contributed by atoms with van der Waals surface area (Å²) in [4.78, 5) is 24.6. The first-order valence-corrected chi connectivity index (χ1v) is 35.1. The van der Waals surface area contributed by atoms with Crippen molar-refractivity contribution >= 4 is 11.9 Å². The number of carbonyl (C=O) groups excluding carboxylic acids is 2. The molecule has 0 saturated heterocycles. The Kier molecular flexibility index (Phi) is 65.4. The van der Waals surface area contributed by atoms with E-state index < -0.39 is 12.1 Å². The summed E-state index contributed by atoms with van der Waals surface area (Å²) in [6, 6.07) is -0.546. The molecule has 0 spiro atoms. The minimum Gasteiger partial charge on any atom is -0.466 e. The molecule has 0 aliphatic carbocycles. The number of aliphatic hydroxyl groups is 2. The van der Waals surface area contributed by atoms with Crippen molar-refractivity contribution in [1.29, 1.82) is 0 Å². The first-order valence-electron chi connectivity index (χ1n) is 35.1. The van der Waals surface area contributed by atoms with E-state index in [-0.39, 0.29) is 18.5 Å². The number of nitrogens with one attached hydrogen (secondary N) is 1. The van der Waals surface area contributed by atoms with E-state index >= 15 is 0 Å². The van der Waals surface area contributed by atoms with E-state index in [9.17, 15) is 19.8 Å². The van der Waals surface area contributed by atoms with Crippen molar-refractivity contribution in [2.24, 2.45) is 0 Å². The van der Waals surface area contributed by atoms with Crippen LogP contribution in [-0.4, -0.2) is 47.4 Å². The summed E-state index contributed by atoms with van der Waals surface area (Å²) in [6.45, 7) is 4.99. The average Bonchev–Trinajstić information content (AvgIpc) is 3.43. The molecule has 0 radical (unpaired) electrons. The quantitative estimate of drug-likeness (QED) is 0.0320. The van der Waals surface area contributed by atoms with Crippen molar-refractivity contribution in [3.8, 4) is 0 Å². The van der Waals surface area contributed by atoms with Crippen molar-refractivity contribution in [2.75, 3.05) is 13.2 Å². The second-order valence-corrected chi connectivity index (χ2v) is 24.2. The topological polar surface area (TPSA) is 95.9 Å². The van der Waals surface area contributed by atoms with E-state index in [1.807, 2.05) is 0 Å². The van der Waals surface area contributed by atoms with Crippen molar-refractivity contribution in [3.63, 3.8) is 0 Å². The highest BCUT2D eigenvalue weighted by atomic mass is 16.5. The Labute approximate surface area is 481 Å². The van der Waals surface area contributed by atoms with Crippen molar-refractivity contribution < 1.29 is 24.5 Å². The van der Waals surface area contributed by atoms with E-state index in [1.165, 1.54) is 315 Å². The first-order chi connectivity index (χ1) is 38.0. The van der Waals surface area contributed by atoms with E-state index in [0.717, 1.165) is 44.9 Å². The molecule has 6 nitrogen and oxygen atoms in total. The van der Waals surface area contributed by atoms with Crippen molar-refractivity contribution in [2.45, 2.75) is 405 Å². The Balaban J connectivity index is 3.41. The molecule has 0 heterocycles. The molecule has 2 unspecified atom stereocenters. The van der Waals surface area contributed by atoms with Gasteiger partial charge < -0.3 is 20.3 Å². The molecule has 0 aromatic rings. The predicted octanol–water partition coefficient (Wildman–Crippen LogP) is 22.5. The third kappa shape index (κ3) is 63.4. The van der Waals surface area contributed by atoms with Gasteiger partial charge in [-0.15, -0.1) is 0 Å².